The summed E-state index contributed by atoms with van der Waals surface area (Å²) in [5, 5.41) is 84.9. The van der Waals surface area contributed by atoms with E-state index in [1.54, 1.807) is 0 Å². The molecule has 210 valence electrons. The third-order valence-electron chi connectivity index (χ3n) is 4.10. The minimum absolute atomic E-state index is 0.158. The van der Waals surface area contributed by atoms with E-state index in [-0.39, 0.29) is 6.10 Å². The van der Waals surface area contributed by atoms with E-state index < -0.39 is 72.7 Å². The van der Waals surface area contributed by atoms with Crippen molar-refractivity contribution in [3.63, 3.8) is 0 Å². The summed E-state index contributed by atoms with van der Waals surface area (Å²) in [7, 11) is 0. The zero-order chi connectivity index (χ0) is 29.1. The molecular weight excluding hydrogens is 496 g/mol. The molecule has 0 spiro atoms. The van der Waals surface area contributed by atoms with Gasteiger partial charge in [-0.2, -0.15) is 0 Å². The number of carboxylic acid groups (broad SMARTS) is 6. The fourth-order valence-corrected chi connectivity index (χ4v) is 2.33. The van der Waals surface area contributed by atoms with E-state index in [0.717, 1.165) is 32.1 Å². The van der Waals surface area contributed by atoms with Crippen LogP contribution in [0.5, 0.6) is 0 Å². The zero-order valence-corrected chi connectivity index (χ0v) is 19.6. The lowest BCUT2D eigenvalue weighted by Crippen LogP contribution is -2.42. The summed E-state index contributed by atoms with van der Waals surface area (Å²) in [4.78, 5) is 61.0. The number of hydrogen-bond acceptors (Lipinski definition) is 10. The van der Waals surface area contributed by atoms with E-state index in [1.807, 2.05) is 6.92 Å². The molecule has 16 heteroatoms. The van der Waals surface area contributed by atoms with Gasteiger partial charge in [0.05, 0.1) is 31.8 Å². The Hall–Kier alpha value is -3.34. The van der Waals surface area contributed by atoms with Gasteiger partial charge in [0.2, 0.25) is 0 Å². The quantitative estimate of drug-likeness (QED) is 0.105. The van der Waals surface area contributed by atoms with Crippen molar-refractivity contribution in [3.05, 3.63) is 0 Å². The minimum Gasteiger partial charge on any atom is -0.481 e. The summed E-state index contributed by atoms with van der Waals surface area (Å²) in [6.07, 6.45) is 0.360. The first kappa shape index (κ1) is 37.2. The number of aliphatic carboxylic acids is 6. The first-order valence-electron chi connectivity index (χ1n) is 10.4. The van der Waals surface area contributed by atoms with Crippen LogP contribution >= 0.6 is 0 Å². The van der Waals surface area contributed by atoms with E-state index in [4.69, 9.17) is 51.1 Å². The molecule has 0 aliphatic heterocycles. The van der Waals surface area contributed by atoms with Crippen LogP contribution in [-0.2, 0) is 28.8 Å². The first-order valence-corrected chi connectivity index (χ1v) is 10.4. The van der Waals surface area contributed by atoms with Gasteiger partial charge in [-0.25, -0.2) is 9.59 Å². The number of aliphatic hydroxyl groups excluding tert-OH is 2. The van der Waals surface area contributed by atoms with Crippen LogP contribution in [0.3, 0.4) is 0 Å². The van der Waals surface area contributed by atoms with Crippen LogP contribution in [-0.4, -0.2) is 111 Å². The van der Waals surface area contributed by atoms with Gasteiger partial charge in [0, 0.05) is 6.61 Å². The molecule has 0 fully saturated rings. The summed E-state index contributed by atoms with van der Waals surface area (Å²) in [5.41, 5.74) is -5.48. The largest absolute Gasteiger partial charge is 0.481 e. The van der Waals surface area contributed by atoms with Crippen molar-refractivity contribution >= 4 is 35.8 Å². The number of carbonyl (C=O) groups is 6. The number of carboxylic acids is 6. The lowest BCUT2D eigenvalue weighted by atomic mass is 9.96. The Morgan fingerprint density at radius 3 is 1.06 bits per heavy atom. The lowest BCUT2D eigenvalue weighted by Gasteiger charge is -2.18. The molecule has 0 aromatic heterocycles. The van der Waals surface area contributed by atoms with Gasteiger partial charge in [0.1, 0.15) is 0 Å². The van der Waals surface area contributed by atoms with Crippen molar-refractivity contribution in [1.29, 1.82) is 0 Å². The summed E-state index contributed by atoms with van der Waals surface area (Å²) in [5.74, 6) is -10.0. The van der Waals surface area contributed by atoms with Gasteiger partial charge in [-0.15, -0.1) is 0 Å². The molecule has 0 aliphatic rings. The molecule has 16 nitrogen and oxygen atoms in total. The fraction of sp³-hybridized carbons (Fsp3) is 0.700. The SMILES string of the molecule is CC(O)CCCCCCO.O=C(O)CC(O)(CC(=O)O)C(=O)O.O=C(O)CC(O)(CC(=O)O)C(=O)O. The van der Waals surface area contributed by atoms with E-state index in [9.17, 15) is 28.8 Å². The third-order valence-corrected chi connectivity index (χ3v) is 4.10. The average molecular weight is 530 g/mol. The molecule has 0 heterocycles. The van der Waals surface area contributed by atoms with Crippen molar-refractivity contribution < 1.29 is 79.8 Å². The minimum atomic E-state index is -2.74. The fourth-order valence-electron chi connectivity index (χ4n) is 2.33. The highest BCUT2D eigenvalue weighted by atomic mass is 16.4. The zero-order valence-electron chi connectivity index (χ0n) is 19.6. The van der Waals surface area contributed by atoms with Crippen molar-refractivity contribution in [3.8, 4) is 0 Å². The topological polar surface area (TPSA) is 305 Å². The van der Waals surface area contributed by atoms with Crippen LogP contribution in [0.25, 0.3) is 0 Å². The molecule has 0 aromatic rings. The number of unbranched alkanes of at least 4 members (excludes halogenated alkanes) is 3. The molecule has 0 aromatic carbocycles. The van der Waals surface area contributed by atoms with Gasteiger partial charge in [0.25, 0.3) is 0 Å². The van der Waals surface area contributed by atoms with Crippen LogP contribution in [0.4, 0.5) is 0 Å². The maximum atomic E-state index is 10.3. The van der Waals surface area contributed by atoms with Gasteiger partial charge < -0.3 is 51.1 Å². The van der Waals surface area contributed by atoms with Crippen LogP contribution in [0.2, 0.25) is 0 Å². The molecule has 0 amide bonds. The van der Waals surface area contributed by atoms with Gasteiger partial charge >= 0.3 is 35.8 Å². The Morgan fingerprint density at radius 2 is 0.861 bits per heavy atom. The van der Waals surface area contributed by atoms with Gasteiger partial charge in [-0.1, -0.05) is 19.3 Å². The Morgan fingerprint density at radius 1 is 0.583 bits per heavy atom. The standard InChI is InChI=1S/C8H18O2.2C6H8O7/c1-8(10)6-4-2-3-5-7-9;2*7-3(8)1-6(13,5(11)12)2-4(9)10/h8-10H,2-7H2,1H3;2*13H,1-2H2,(H,7,8)(H,9,10)(H,11,12). The highest BCUT2D eigenvalue weighted by Gasteiger charge is 2.41. The van der Waals surface area contributed by atoms with Crippen LogP contribution in [0, 0.1) is 0 Å². The third kappa shape index (κ3) is 21.2. The smallest absolute Gasteiger partial charge is 0.336 e. The number of rotatable bonds is 16. The number of aliphatic hydroxyl groups is 4. The molecule has 0 saturated carbocycles. The van der Waals surface area contributed by atoms with Crippen molar-refractivity contribution in [2.75, 3.05) is 6.61 Å². The van der Waals surface area contributed by atoms with E-state index >= 15 is 0 Å². The predicted molar refractivity (Wildman–Crippen MR) is 116 cm³/mol. The molecule has 0 saturated heterocycles. The second-order valence-corrected chi connectivity index (χ2v) is 7.73. The molecule has 36 heavy (non-hydrogen) atoms. The van der Waals surface area contributed by atoms with E-state index in [1.165, 1.54) is 0 Å². The summed E-state index contributed by atoms with van der Waals surface area (Å²) < 4.78 is 0. The Kier molecular flexibility index (Phi) is 19.6. The average Bonchev–Trinajstić information content (AvgIpc) is 2.65. The summed E-state index contributed by atoms with van der Waals surface area (Å²) in [6.45, 7) is 2.11. The maximum Gasteiger partial charge on any atom is 0.336 e. The van der Waals surface area contributed by atoms with Crippen LogP contribution in [0.15, 0.2) is 0 Å². The lowest BCUT2D eigenvalue weighted by molar-refractivity contribution is -0.170. The number of hydrogen-bond donors (Lipinski definition) is 10. The molecule has 0 bridgehead atoms. The molecule has 10 N–H and O–H groups in total. The maximum absolute atomic E-state index is 10.3. The van der Waals surface area contributed by atoms with Crippen molar-refractivity contribution in [2.24, 2.45) is 0 Å². The predicted octanol–water partition coefficient (Wildman–Crippen LogP) is -1.19. The van der Waals surface area contributed by atoms with Gasteiger partial charge in [-0.3, -0.25) is 19.2 Å². The highest BCUT2D eigenvalue weighted by molar-refractivity contribution is 5.88. The molecular formula is C20H34O16. The molecule has 1 atom stereocenters. The Balaban J connectivity index is -0.000000459. The molecule has 1 unspecified atom stereocenters. The van der Waals surface area contributed by atoms with Crippen LogP contribution in [0.1, 0.15) is 64.7 Å². The van der Waals surface area contributed by atoms with Crippen molar-refractivity contribution in [1.82, 2.24) is 0 Å². The summed E-state index contributed by atoms with van der Waals surface area (Å²) in [6, 6.07) is 0. The van der Waals surface area contributed by atoms with Gasteiger partial charge in [0.15, 0.2) is 11.2 Å². The summed E-state index contributed by atoms with van der Waals surface area (Å²) >= 11 is 0. The normalized spacial score (nSPS) is 11.6. The van der Waals surface area contributed by atoms with E-state index in [2.05, 4.69) is 0 Å². The Labute approximate surface area is 205 Å². The van der Waals surface area contributed by atoms with Crippen LogP contribution < -0.4 is 0 Å². The monoisotopic (exact) mass is 530 g/mol. The second kappa shape index (κ2) is 18.9. The molecule has 0 rings (SSSR count). The second-order valence-electron chi connectivity index (χ2n) is 7.73. The highest BCUT2D eigenvalue weighted by Crippen LogP contribution is 2.16. The van der Waals surface area contributed by atoms with Crippen molar-refractivity contribution in [2.45, 2.75) is 82.0 Å². The van der Waals surface area contributed by atoms with Gasteiger partial charge in [-0.05, 0) is 19.8 Å². The molecule has 0 radical (unpaired) electrons. The Bertz CT molecular complexity index is 645. The molecule has 0 aliphatic carbocycles. The first-order chi connectivity index (χ1) is 16.3. The van der Waals surface area contributed by atoms with E-state index in [0.29, 0.717) is 6.61 Å².